The molecular formula is C16H17Cl2F3N2O5. The average Bonchev–Trinajstić information content (AvgIpc) is 2.60. The number of alkyl halides is 2. The number of hydrogen-bond acceptors (Lipinski definition) is 4. The third kappa shape index (κ3) is 6.54. The quantitative estimate of drug-likeness (QED) is 0.355. The first-order valence-corrected chi connectivity index (χ1v) is 8.96. The predicted molar refractivity (Wildman–Crippen MR) is 94.3 cm³/mol. The number of hydrogen-bond donors (Lipinski definition) is 3. The molecule has 0 aliphatic rings. The molecule has 0 aromatic heterocycles. The fourth-order valence-corrected chi connectivity index (χ4v) is 2.88. The number of carboxylic acid groups (broad SMARTS) is 2. The van der Waals surface area contributed by atoms with Crippen LogP contribution in [0.3, 0.4) is 0 Å². The van der Waals surface area contributed by atoms with E-state index >= 15 is 0 Å². The molecular weight excluding hydrogens is 428 g/mol. The van der Waals surface area contributed by atoms with Crippen LogP contribution in [-0.4, -0.2) is 69.9 Å². The molecule has 2 atom stereocenters. The maximum Gasteiger partial charge on any atom is 0.326 e. The largest absolute Gasteiger partial charge is 0.480 e. The van der Waals surface area contributed by atoms with Crippen molar-refractivity contribution in [1.29, 1.82) is 0 Å². The Morgan fingerprint density at radius 2 is 1.61 bits per heavy atom. The first kappa shape index (κ1) is 24.0. The lowest BCUT2D eigenvalue weighted by atomic mass is 10.0. The van der Waals surface area contributed by atoms with Gasteiger partial charge in [-0.05, 0) is 6.07 Å². The molecule has 12 heteroatoms. The standard InChI is InChI=1S/C16H17Cl2F3N2O5/c17-1-3-23(4-2-18)12(16(27)28)7-11(15(25)26)22-14(24)9-5-8(19)6-10(20)13(9)21/h5-6,11-12H,1-4,7H2,(H,22,24)(H,25,26)(H,27,28)/t11-,12?/m0/s1. The molecule has 1 unspecified atom stereocenters. The summed E-state index contributed by atoms with van der Waals surface area (Å²) in [7, 11) is 0. The Kier molecular flexibility index (Phi) is 9.50. The molecule has 7 nitrogen and oxygen atoms in total. The van der Waals surface area contributed by atoms with E-state index in [1.54, 1.807) is 0 Å². The fourth-order valence-electron chi connectivity index (χ4n) is 2.45. The SMILES string of the molecule is O=C(N[C@@H](CC(C(=O)O)N(CCCl)CCCl)C(=O)O)c1cc(F)cc(F)c1F. The smallest absolute Gasteiger partial charge is 0.326 e. The first-order valence-electron chi connectivity index (χ1n) is 7.89. The predicted octanol–water partition coefficient (Wildman–Crippen LogP) is 1.91. The molecule has 28 heavy (non-hydrogen) atoms. The van der Waals surface area contributed by atoms with Gasteiger partial charge in [-0.1, -0.05) is 0 Å². The number of carboxylic acids is 2. The molecule has 1 aromatic carbocycles. The summed E-state index contributed by atoms with van der Waals surface area (Å²) < 4.78 is 40.2. The van der Waals surface area contributed by atoms with E-state index in [4.69, 9.17) is 23.2 Å². The van der Waals surface area contributed by atoms with Gasteiger partial charge in [0.2, 0.25) is 0 Å². The number of aliphatic carboxylic acids is 2. The van der Waals surface area contributed by atoms with Gasteiger partial charge in [-0.2, -0.15) is 0 Å². The van der Waals surface area contributed by atoms with E-state index in [9.17, 15) is 37.8 Å². The Morgan fingerprint density at radius 3 is 2.07 bits per heavy atom. The number of benzene rings is 1. The van der Waals surface area contributed by atoms with Crippen LogP contribution in [0.2, 0.25) is 0 Å². The molecule has 0 spiro atoms. The van der Waals surface area contributed by atoms with Crippen molar-refractivity contribution >= 4 is 41.0 Å². The molecule has 1 aromatic rings. The summed E-state index contributed by atoms with van der Waals surface area (Å²) in [6.07, 6.45) is -0.621. The second kappa shape index (κ2) is 11.1. The van der Waals surface area contributed by atoms with Crippen LogP contribution < -0.4 is 5.32 Å². The van der Waals surface area contributed by atoms with Crippen molar-refractivity contribution in [3.63, 3.8) is 0 Å². The monoisotopic (exact) mass is 444 g/mol. The highest BCUT2D eigenvalue weighted by molar-refractivity contribution is 6.18. The van der Waals surface area contributed by atoms with Crippen molar-refractivity contribution in [1.82, 2.24) is 10.2 Å². The summed E-state index contributed by atoms with van der Waals surface area (Å²) in [4.78, 5) is 36.4. The van der Waals surface area contributed by atoms with Crippen LogP contribution in [-0.2, 0) is 9.59 Å². The third-order valence-electron chi connectivity index (χ3n) is 3.77. The van der Waals surface area contributed by atoms with Crippen molar-refractivity contribution in [2.75, 3.05) is 24.8 Å². The van der Waals surface area contributed by atoms with Gasteiger partial charge in [0.15, 0.2) is 11.6 Å². The Labute approximate surface area is 168 Å². The minimum atomic E-state index is -1.78. The molecule has 0 aliphatic heterocycles. The first-order chi connectivity index (χ1) is 13.1. The maximum absolute atomic E-state index is 13.7. The molecule has 156 valence electrons. The second-order valence-corrected chi connectivity index (χ2v) is 6.37. The van der Waals surface area contributed by atoms with E-state index in [1.807, 2.05) is 5.32 Å². The number of halogens is 5. The molecule has 0 fully saturated rings. The summed E-state index contributed by atoms with van der Waals surface area (Å²) in [5.74, 6) is -8.87. The Morgan fingerprint density at radius 1 is 1.04 bits per heavy atom. The van der Waals surface area contributed by atoms with Crippen LogP contribution >= 0.6 is 23.2 Å². The highest BCUT2D eigenvalue weighted by Crippen LogP contribution is 2.16. The Hall–Kier alpha value is -2.04. The number of carbonyl (C=O) groups excluding carboxylic acids is 1. The molecule has 0 heterocycles. The van der Waals surface area contributed by atoms with Gasteiger partial charge in [-0.25, -0.2) is 18.0 Å². The normalized spacial score (nSPS) is 13.2. The summed E-state index contributed by atoms with van der Waals surface area (Å²) in [5.41, 5.74) is -1.05. The summed E-state index contributed by atoms with van der Waals surface area (Å²) in [5, 5.41) is 20.6. The van der Waals surface area contributed by atoms with Crippen LogP contribution in [0.25, 0.3) is 0 Å². The topological polar surface area (TPSA) is 107 Å². The maximum atomic E-state index is 13.7. The van der Waals surface area contributed by atoms with Crippen LogP contribution in [0, 0.1) is 17.5 Å². The van der Waals surface area contributed by atoms with E-state index in [1.165, 1.54) is 4.90 Å². The van der Waals surface area contributed by atoms with Crippen molar-refractivity contribution in [2.24, 2.45) is 0 Å². The van der Waals surface area contributed by atoms with Gasteiger partial charge in [-0.15, -0.1) is 23.2 Å². The number of nitrogens with zero attached hydrogens (tertiary/aromatic N) is 1. The lowest BCUT2D eigenvalue weighted by Gasteiger charge is -2.29. The van der Waals surface area contributed by atoms with E-state index in [0.29, 0.717) is 6.07 Å². The number of amides is 1. The summed E-state index contributed by atoms with van der Waals surface area (Å²) in [6.45, 7) is 0.157. The Balaban J connectivity index is 3.08. The van der Waals surface area contributed by atoms with Gasteiger partial charge in [0.25, 0.3) is 5.91 Å². The average molecular weight is 445 g/mol. The van der Waals surface area contributed by atoms with E-state index < -0.39 is 59.4 Å². The molecule has 0 aliphatic carbocycles. The van der Waals surface area contributed by atoms with Crippen LogP contribution in [0.4, 0.5) is 13.2 Å². The number of nitrogens with one attached hydrogen (secondary N) is 1. The summed E-state index contributed by atoms with van der Waals surface area (Å²) >= 11 is 11.2. The minimum Gasteiger partial charge on any atom is -0.480 e. The van der Waals surface area contributed by atoms with Crippen LogP contribution in [0.1, 0.15) is 16.8 Å². The zero-order valence-electron chi connectivity index (χ0n) is 14.3. The van der Waals surface area contributed by atoms with Gasteiger partial charge in [-0.3, -0.25) is 14.5 Å². The molecule has 0 saturated carbocycles. The zero-order chi connectivity index (χ0) is 21.4. The molecule has 0 radical (unpaired) electrons. The van der Waals surface area contributed by atoms with E-state index in [2.05, 4.69) is 0 Å². The fraction of sp³-hybridized carbons (Fsp3) is 0.438. The van der Waals surface area contributed by atoms with Crippen molar-refractivity contribution in [2.45, 2.75) is 18.5 Å². The molecule has 3 N–H and O–H groups in total. The van der Waals surface area contributed by atoms with Gasteiger partial charge >= 0.3 is 11.9 Å². The zero-order valence-corrected chi connectivity index (χ0v) is 15.8. The Bertz CT molecular complexity index is 732. The third-order valence-corrected chi connectivity index (χ3v) is 4.11. The van der Waals surface area contributed by atoms with Crippen molar-refractivity contribution < 1.29 is 37.8 Å². The molecule has 1 amide bonds. The highest BCUT2D eigenvalue weighted by Gasteiger charge is 2.33. The molecule has 0 saturated heterocycles. The summed E-state index contributed by atoms with van der Waals surface area (Å²) in [6, 6.07) is -2.55. The molecule has 1 rings (SSSR count). The van der Waals surface area contributed by atoms with Crippen molar-refractivity contribution in [3.05, 3.63) is 35.1 Å². The van der Waals surface area contributed by atoms with Crippen LogP contribution in [0.15, 0.2) is 12.1 Å². The lowest BCUT2D eigenvalue weighted by Crippen LogP contribution is -2.50. The number of rotatable bonds is 11. The van der Waals surface area contributed by atoms with Gasteiger partial charge in [0.05, 0.1) is 5.56 Å². The van der Waals surface area contributed by atoms with Gasteiger partial charge in [0.1, 0.15) is 17.9 Å². The van der Waals surface area contributed by atoms with Crippen LogP contribution in [0.5, 0.6) is 0 Å². The van der Waals surface area contributed by atoms with Crippen molar-refractivity contribution in [3.8, 4) is 0 Å². The van der Waals surface area contributed by atoms with E-state index in [-0.39, 0.29) is 30.9 Å². The highest BCUT2D eigenvalue weighted by atomic mass is 35.5. The minimum absolute atomic E-state index is 0.0402. The lowest BCUT2D eigenvalue weighted by molar-refractivity contribution is -0.145. The van der Waals surface area contributed by atoms with Gasteiger partial charge < -0.3 is 15.5 Å². The molecule has 0 bridgehead atoms. The van der Waals surface area contributed by atoms with E-state index in [0.717, 1.165) is 0 Å². The second-order valence-electron chi connectivity index (χ2n) is 5.62. The number of carbonyl (C=O) groups is 3. The van der Waals surface area contributed by atoms with Gasteiger partial charge in [0, 0.05) is 37.3 Å².